The number of pyridine rings is 2. The standard InChI is InChI=1S/C22H14F6N6O/c1-29-8-14-5-12(13-6-15(10-30-9-13)32-20(35)22(26,27)28)7-17-16(14)11-31-34(17)19-4-2-3-18(33-19)21(23,24)25/h2-11H,1H3,(H,32,35). The molecule has 0 atom stereocenters. The van der Waals surface area contributed by atoms with E-state index in [0.29, 0.717) is 27.6 Å². The van der Waals surface area contributed by atoms with Gasteiger partial charge in [-0.05, 0) is 35.9 Å². The van der Waals surface area contributed by atoms with Crippen LogP contribution in [0.15, 0.2) is 60.0 Å². The van der Waals surface area contributed by atoms with Crippen molar-refractivity contribution in [1.82, 2.24) is 19.7 Å². The molecule has 0 saturated carbocycles. The SMILES string of the molecule is CN=Cc1cc(-c2cncc(NC(=O)C(F)(F)F)c2)cc2c1cnn2-c1cccc(C(F)(F)F)n1. The minimum atomic E-state index is -5.08. The second-order valence-corrected chi connectivity index (χ2v) is 7.23. The number of rotatable bonds is 4. The topological polar surface area (TPSA) is 85.1 Å². The number of hydrogen-bond acceptors (Lipinski definition) is 5. The Balaban J connectivity index is 1.84. The maximum Gasteiger partial charge on any atom is 0.471 e. The summed E-state index contributed by atoms with van der Waals surface area (Å²) in [6, 6.07) is 7.91. The van der Waals surface area contributed by atoms with Crippen molar-refractivity contribution in [1.29, 1.82) is 0 Å². The van der Waals surface area contributed by atoms with Crippen molar-refractivity contribution in [3.05, 3.63) is 66.2 Å². The molecule has 1 aromatic carbocycles. The fourth-order valence-electron chi connectivity index (χ4n) is 3.32. The number of carbonyl (C=O) groups excluding carboxylic acids is 1. The Morgan fingerprint density at radius 3 is 2.49 bits per heavy atom. The molecule has 3 aromatic heterocycles. The number of aromatic nitrogens is 4. The van der Waals surface area contributed by atoms with Crippen LogP contribution in [-0.2, 0) is 11.0 Å². The zero-order chi connectivity index (χ0) is 25.4. The predicted octanol–water partition coefficient (Wildman–Crippen LogP) is 5.05. The molecule has 0 saturated heterocycles. The van der Waals surface area contributed by atoms with Crippen LogP contribution in [0.3, 0.4) is 0 Å². The summed E-state index contributed by atoms with van der Waals surface area (Å²) in [4.78, 5) is 22.8. The van der Waals surface area contributed by atoms with Gasteiger partial charge >= 0.3 is 18.3 Å². The molecule has 4 rings (SSSR count). The molecule has 35 heavy (non-hydrogen) atoms. The van der Waals surface area contributed by atoms with Gasteiger partial charge in [0.1, 0.15) is 5.69 Å². The maximum absolute atomic E-state index is 13.2. The lowest BCUT2D eigenvalue weighted by atomic mass is 10.0. The third-order valence-electron chi connectivity index (χ3n) is 4.82. The van der Waals surface area contributed by atoms with Gasteiger partial charge in [-0.1, -0.05) is 6.07 Å². The van der Waals surface area contributed by atoms with Gasteiger partial charge < -0.3 is 5.32 Å². The number of amides is 1. The molecule has 0 aliphatic rings. The Labute approximate surface area is 193 Å². The van der Waals surface area contributed by atoms with Crippen LogP contribution in [0.2, 0.25) is 0 Å². The average Bonchev–Trinajstić information content (AvgIpc) is 3.23. The van der Waals surface area contributed by atoms with Crippen LogP contribution < -0.4 is 5.32 Å². The number of alkyl halides is 6. The lowest BCUT2D eigenvalue weighted by molar-refractivity contribution is -0.167. The van der Waals surface area contributed by atoms with E-state index in [9.17, 15) is 31.1 Å². The number of halogens is 6. The second kappa shape index (κ2) is 8.81. The van der Waals surface area contributed by atoms with E-state index in [4.69, 9.17) is 0 Å². The van der Waals surface area contributed by atoms with Gasteiger partial charge in [0.25, 0.3) is 0 Å². The zero-order valence-corrected chi connectivity index (χ0v) is 17.7. The van der Waals surface area contributed by atoms with E-state index in [-0.39, 0.29) is 11.5 Å². The number of benzene rings is 1. The van der Waals surface area contributed by atoms with Crippen LogP contribution in [0.25, 0.3) is 27.8 Å². The highest BCUT2D eigenvalue weighted by Gasteiger charge is 2.38. The van der Waals surface area contributed by atoms with E-state index in [2.05, 4.69) is 20.1 Å². The van der Waals surface area contributed by atoms with Gasteiger partial charge in [0.2, 0.25) is 0 Å². The van der Waals surface area contributed by atoms with E-state index in [1.54, 1.807) is 17.4 Å². The van der Waals surface area contributed by atoms with Gasteiger partial charge in [-0.25, -0.2) is 9.67 Å². The monoisotopic (exact) mass is 492 g/mol. The molecule has 4 aromatic rings. The molecule has 0 bridgehead atoms. The first kappa shape index (κ1) is 23.9. The number of aliphatic imine (C=N–C) groups is 1. The van der Waals surface area contributed by atoms with E-state index in [1.165, 1.54) is 48.5 Å². The molecule has 0 unspecified atom stereocenters. The van der Waals surface area contributed by atoms with E-state index in [0.717, 1.165) is 12.3 Å². The molecule has 13 heteroatoms. The second-order valence-electron chi connectivity index (χ2n) is 7.23. The highest BCUT2D eigenvalue weighted by Crippen LogP contribution is 2.31. The fourth-order valence-corrected chi connectivity index (χ4v) is 3.32. The average molecular weight is 492 g/mol. The Morgan fingerprint density at radius 2 is 1.80 bits per heavy atom. The number of nitrogens with one attached hydrogen (secondary N) is 1. The van der Waals surface area contributed by atoms with Crippen molar-refractivity contribution in [3.8, 4) is 16.9 Å². The summed E-state index contributed by atoms with van der Waals surface area (Å²) in [7, 11) is 1.52. The van der Waals surface area contributed by atoms with E-state index in [1.807, 2.05) is 0 Å². The predicted molar refractivity (Wildman–Crippen MR) is 115 cm³/mol. The molecule has 0 aliphatic heterocycles. The summed E-state index contributed by atoms with van der Waals surface area (Å²) in [5.74, 6) is -2.24. The molecule has 0 spiro atoms. The van der Waals surface area contributed by atoms with Gasteiger partial charge in [0, 0.05) is 36.0 Å². The third-order valence-corrected chi connectivity index (χ3v) is 4.82. The van der Waals surface area contributed by atoms with Crippen molar-refractivity contribution in [2.75, 3.05) is 12.4 Å². The molecule has 0 radical (unpaired) electrons. The lowest BCUT2D eigenvalue weighted by Gasteiger charge is -2.11. The van der Waals surface area contributed by atoms with Gasteiger partial charge in [-0.15, -0.1) is 0 Å². The van der Waals surface area contributed by atoms with Crippen molar-refractivity contribution < 1.29 is 31.1 Å². The molecule has 1 amide bonds. The fraction of sp³-hybridized carbons (Fsp3) is 0.136. The maximum atomic E-state index is 13.2. The van der Waals surface area contributed by atoms with Crippen LogP contribution in [0.4, 0.5) is 32.0 Å². The molecule has 0 fully saturated rings. The Bertz CT molecular complexity index is 1440. The Kier molecular flexibility index (Phi) is 6.01. The summed E-state index contributed by atoms with van der Waals surface area (Å²) in [5.41, 5.74) is 0.405. The lowest BCUT2D eigenvalue weighted by Crippen LogP contribution is -2.29. The van der Waals surface area contributed by atoms with Crippen molar-refractivity contribution in [3.63, 3.8) is 0 Å². The first-order valence-corrected chi connectivity index (χ1v) is 9.79. The van der Waals surface area contributed by atoms with Gasteiger partial charge in [-0.2, -0.15) is 31.4 Å². The normalized spacial score (nSPS) is 12.4. The largest absolute Gasteiger partial charge is 0.471 e. The van der Waals surface area contributed by atoms with Crippen LogP contribution >= 0.6 is 0 Å². The third kappa shape index (κ3) is 4.98. The van der Waals surface area contributed by atoms with Crippen LogP contribution in [0.5, 0.6) is 0 Å². The Morgan fingerprint density at radius 1 is 1.03 bits per heavy atom. The minimum absolute atomic E-state index is 0.0873. The number of carbonyl (C=O) groups is 1. The van der Waals surface area contributed by atoms with Gasteiger partial charge in [0.05, 0.1) is 23.6 Å². The number of hydrogen-bond donors (Lipinski definition) is 1. The van der Waals surface area contributed by atoms with Crippen molar-refractivity contribution in [2.24, 2.45) is 4.99 Å². The number of nitrogens with zero attached hydrogens (tertiary/aromatic N) is 5. The summed E-state index contributed by atoms with van der Waals surface area (Å²) in [5, 5.41) is 6.46. The quantitative estimate of drug-likeness (QED) is 0.319. The zero-order valence-electron chi connectivity index (χ0n) is 17.7. The van der Waals surface area contributed by atoms with Crippen LogP contribution in [-0.4, -0.2) is 45.1 Å². The molecule has 3 heterocycles. The van der Waals surface area contributed by atoms with E-state index < -0.39 is 24.0 Å². The highest BCUT2D eigenvalue weighted by molar-refractivity contribution is 6.01. The molecular formula is C22H14F6N6O. The number of fused-ring (bicyclic) bond motifs is 1. The van der Waals surface area contributed by atoms with Crippen LogP contribution in [0, 0.1) is 0 Å². The summed E-state index contributed by atoms with van der Waals surface area (Å²) >= 11 is 0. The van der Waals surface area contributed by atoms with Gasteiger partial charge in [-0.3, -0.25) is 14.8 Å². The molecule has 180 valence electrons. The molecular weight excluding hydrogens is 478 g/mol. The van der Waals surface area contributed by atoms with Crippen molar-refractivity contribution >= 4 is 28.7 Å². The highest BCUT2D eigenvalue weighted by atomic mass is 19.4. The number of anilines is 1. The van der Waals surface area contributed by atoms with Gasteiger partial charge in [0.15, 0.2) is 5.82 Å². The summed E-state index contributed by atoms with van der Waals surface area (Å²) < 4.78 is 78.5. The molecule has 7 nitrogen and oxygen atoms in total. The minimum Gasteiger partial charge on any atom is -0.317 e. The summed E-state index contributed by atoms with van der Waals surface area (Å²) in [6.07, 6.45) is -4.38. The smallest absolute Gasteiger partial charge is 0.317 e. The summed E-state index contributed by atoms with van der Waals surface area (Å²) in [6.45, 7) is 0. The molecule has 0 aliphatic carbocycles. The molecule has 1 N–H and O–H groups in total. The first-order valence-electron chi connectivity index (χ1n) is 9.79. The van der Waals surface area contributed by atoms with Crippen molar-refractivity contribution in [2.45, 2.75) is 12.4 Å². The van der Waals surface area contributed by atoms with E-state index >= 15 is 0 Å². The first-order chi connectivity index (χ1) is 16.5. The van der Waals surface area contributed by atoms with Crippen LogP contribution in [0.1, 0.15) is 11.3 Å². The Hall–Kier alpha value is -4.29.